The molecule has 1 atom stereocenters. The summed E-state index contributed by atoms with van der Waals surface area (Å²) in [5, 5.41) is 9.16. The number of nitrogens with zero attached hydrogens (tertiary/aromatic N) is 3. The fourth-order valence-electron chi connectivity index (χ4n) is 2.23. The molecule has 1 aromatic heterocycles. The van der Waals surface area contributed by atoms with Crippen molar-refractivity contribution in [3.63, 3.8) is 0 Å². The lowest BCUT2D eigenvalue weighted by molar-refractivity contribution is -0.123. The number of carbonyl (C=O) groups is 3. The second kappa shape index (κ2) is 5.40. The van der Waals surface area contributed by atoms with Crippen LogP contribution in [0.15, 0.2) is 30.6 Å². The summed E-state index contributed by atoms with van der Waals surface area (Å²) in [5.41, 5.74) is 1.13. The van der Waals surface area contributed by atoms with E-state index in [1.807, 2.05) is 0 Å². The van der Waals surface area contributed by atoms with Crippen LogP contribution in [-0.2, 0) is 9.59 Å². The van der Waals surface area contributed by atoms with E-state index in [4.69, 9.17) is 0 Å². The zero-order chi connectivity index (χ0) is 15.7. The van der Waals surface area contributed by atoms with Crippen molar-refractivity contribution in [1.29, 1.82) is 0 Å². The van der Waals surface area contributed by atoms with Crippen molar-refractivity contribution in [3.05, 3.63) is 36.2 Å². The first-order valence-electron chi connectivity index (χ1n) is 6.66. The Kier molecular flexibility index (Phi) is 3.42. The molecule has 0 fully saturated rings. The summed E-state index contributed by atoms with van der Waals surface area (Å²) in [4.78, 5) is 38.9. The highest BCUT2D eigenvalue weighted by Crippen LogP contribution is 2.24. The highest BCUT2D eigenvalue weighted by Gasteiger charge is 2.33. The summed E-state index contributed by atoms with van der Waals surface area (Å²) in [6.45, 7) is 1.47. The lowest BCUT2D eigenvalue weighted by Crippen LogP contribution is -2.23. The van der Waals surface area contributed by atoms with Crippen molar-refractivity contribution in [2.45, 2.75) is 19.4 Å². The number of anilines is 2. The Morgan fingerprint density at radius 1 is 1.32 bits per heavy atom. The van der Waals surface area contributed by atoms with E-state index in [9.17, 15) is 14.4 Å². The second-order valence-electron chi connectivity index (χ2n) is 4.92. The maximum atomic E-state index is 12.0. The SMILES string of the molecule is CC(=O)c1ccc(NC(=O)C[C@@H]2C(=O)Nc3ncnn32)cc1. The minimum absolute atomic E-state index is 0.0424. The number of hydrogen-bond acceptors (Lipinski definition) is 5. The molecule has 2 heterocycles. The second-order valence-corrected chi connectivity index (χ2v) is 4.92. The van der Waals surface area contributed by atoms with Crippen LogP contribution >= 0.6 is 0 Å². The fraction of sp³-hybridized carbons (Fsp3) is 0.214. The van der Waals surface area contributed by atoms with E-state index in [-0.39, 0.29) is 24.0 Å². The van der Waals surface area contributed by atoms with Crippen molar-refractivity contribution >= 4 is 29.2 Å². The van der Waals surface area contributed by atoms with Gasteiger partial charge in [-0.05, 0) is 31.2 Å². The highest BCUT2D eigenvalue weighted by atomic mass is 16.2. The summed E-state index contributed by atoms with van der Waals surface area (Å²) >= 11 is 0. The van der Waals surface area contributed by atoms with E-state index in [1.54, 1.807) is 24.3 Å². The number of ketones is 1. The van der Waals surface area contributed by atoms with Gasteiger partial charge >= 0.3 is 0 Å². The Hall–Kier alpha value is -3.03. The van der Waals surface area contributed by atoms with Gasteiger partial charge in [0.25, 0.3) is 5.91 Å². The van der Waals surface area contributed by atoms with Gasteiger partial charge in [0.1, 0.15) is 12.4 Å². The quantitative estimate of drug-likeness (QED) is 0.819. The van der Waals surface area contributed by atoms with Crippen LogP contribution in [0.2, 0.25) is 0 Å². The first-order chi connectivity index (χ1) is 10.5. The molecule has 0 saturated carbocycles. The molecule has 1 aliphatic heterocycles. The zero-order valence-corrected chi connectivity index (χ0v) is 11.7. The van der Waals surface area contributed by atoms with Gasteiger partial charge < -0.3 is 5.32 Å². The van der Waals surface area contributed by atoms with Crippen molar-refractivity contribution in [2.75, 3.05) is 10.6 Å². The predicted molar refractivity (Wildman–Crippen MR) is 77.4 cm³/mol. The van der Waals surface area contributed by atoms with Crippen LogP contribution in [0.4, 0.5) is 11.6 Å². The van der Waals surface area contributed by atoms with Crippen molar-refractivity contribution in [3.8, 4) is 0 Å². The molecule has 2 aromatic rings. The highest BCUT2D eigenvalue weighted by molar-refractivity contribution is 6.01. The zero-order valence-electron chi connectivity index (χ0n) is 11.7. The smallest absolute Gasteiger partial charge is 0.252 e. The van der Waals surface area contributed by atoms with Gasteiger partial charge in [-0.15, -0.1) is 0 Å². The van der Waals surface area contributed by atoms with Crippen LogP contribution in [0.1, 0.15) is 29.7 Å². The Morgan fingerprint density at radius 3 is 2.73 bits per heavy atom. The van der Waals surface area contributed by atoms with E-state index in [2.05, 4.69) is 20.7 Å². The Labute approximate surface area is 125 Å². The Morgan fingerprint density at radius 2 is 2.05 bits per heavy atom. The molecule has 22 heavy (non-hydrogen) atoms. The third-order valence-electron chi connectivity index (χ3n) is 3.36. The third-order valence-corrected chi connectivity index (χ3v) is 3.36. The monoisotopic (exact) mass is 299 g/mol. The Balaban J connectivity index is 1.66. The first-order valence-corrected chi connectivity index (χ1v) is 6.66. The van der Waals surface area contributed by atoms with Gasteiger partial charge in [-0.1, -0.05) is 0 Å². The van der Waals surface area contributed by atoms with Crippen LogP contribution in [0.25, 0.3) is 0 Å². The van der Waals surface area contributed by atoms with Gasteiger partial charge in [0.2, 0.25) is 11.9 Å². The van der Waals surface area contributed by atoms with E-state index in [1.165, 1.54) is 17.9 Å². The minimum Gasteiger partial charge on any atom is -0.326 e. The molecule has 2 N–H and O–H groups in total. The number of benzene rings is 1. The number of fused-ring (bicyclic) bond motifs is 1. The van der Waals surface area contributed by atoms with Crippen LogP contribution in [0, 0.1) is 0 Å². The maximum Gasteiger partial charge on any atom is 0.252 e. The van der Waals surface area contributed by atoms with E-state index in [0.29, 0.717) is 17.2 Å². The first kappa shape index (κ1) is 13.9. The standard InChI is InChI=1S/C14H13N5O3/c1-8(20)9-2-4-10(5-3-9)17-12(21)6-11-13(22)18-14-15-7-16-19(11)14/h2-5,7,11H,6H2,1H3,(H,17,21)(H,15,16,18,22)/t11-/m1/s1. The average Bonchev–Trinajstić information content (AvgIpc) is 3.03. The van der Waals surface area contributed by atoms with Crippen LogP contribution in [0.5, 0.6) is 0 Å². The summed E-state index contributed by atoms with van der Waals surface area (Å²) in [6, 6.07) is 5.86. The number of nitrogens with one attached hydrogen (secondary N) is 2. The predicted octanol–water partition coefficient (Wildman–Crippen LogP) is 1.00. The largest absolute Gasteiger partial charge is 0.326 e. The summed E-state index contributed by atoms with van der Waals surface area (Å²) in [6.07, 6.45) is 1.27. The van der Waals surface area contributed by atoms with Crippen LogP contribution in [-0.4, -0.2) is 32.4 Å². The molecular formula is C14H13N5O3. The van der Waals surface area contributed by atoms with Gasteiger partial charge in [-0.2, -0.15) is 10.1 Å². The summed E-state index contributed by atoms with van der Waals surface area (Å²) in [7, 11) is 0. The molecule has 1 aliphatic rings. The van der Waals surface area contributed by atoms with Gasteiger partial charge in [0.15, 0.2) is 5.78 Å². The van der Waals surface area contributed by atoms with Gasteiger partial charge in [0, 0.05) is 11.3 Å². The number of rotatable bonds is 4. The van der Waals surface area contributed by atoms with Crippen molar-refractivity contribution < 1.29 is 14.4 Å². The molecule has 0 aliphatic carbocycles. The molecule has 3 rings (SSSR count). The van der Waals surface area contributed by atoms with E-state index < -0.39 is 6.04 Å². The molecule has 0 unspecified atom stereocenters. The number of hydrogen-bond donors (Lipinski definition) is 2. The van der Waals surface area contributed by atoms with Crippen LogP contribution in [0.3, 0.4) is 0 Å². The third kappa shape index (κ3) is 2.58. The van der Waals surface area contributed by atoms with Gasteiger partial charge in [0.05, 0.1) is 6.42 Å². The normalized spacial score (nSPS) is 16.0. The topological polar surface area (TPSA) is 106 Å². The summed E-state index contributed by atoms with van der Waals surface area (Å²) in [5.74, 6) is -0.329. The molecular weight excluding hydrogens is 286 g/mol. The maximum absolute atomic E-state index is 12.0. The molecule has 112 valence electrons. The average molecular weight is 299 g/mol. The fourth-order valence-corrected chi connectivity index (χ4v) is 2.23. The molecule has 2 amide bonds. The molecule has 0 saturated heterocycles. The molecule has 0 spiro atoms. The van der Waals surface area contributed by atoms with Gasteiger partial charge in [-0.25, -0.2) is 4.68 Å². The summed E-state index contributed by atoms with van der Waals surface area (Å²) < 4.78 is 1.39. The molecule has 0 radical (unpaired) electrons. The lowest BCUT2D eigenvalue weighted by atomic mass is 10.1. The van der Waals surface area contributed by atoms with E-state index in [0.717, 1.165) is 0 Å². The molecule has 8 heteroatoms. The number of carbonyl (C=O) groups excluding carboxylic acids is 3. The number of aromatic nitrogens is 3. The Bertz CT molecular complexity index is 750. The minimum atomic E-state index is -0.700. The van der Waals surface area contributed by atoms with Gasteiger partial charge in [-0.3, -0.25) is 19.7 Å². The number of Topliss-reactive ketones (excluding diaryl/α,β-unsaturated/α-hetero) is 1. The molecule has 0 bridgehead atoms. The van der Waals surface area contributed by atoms with Crippen molar-refractivity contribution in [2.24, 2.45) is 0 Å². The molecule has 8 nitrogen and oxygen atoms in total. The van der Waals surface area contributed by atoms with E-state index >= 15 is 0 Å². The van der Waals surface area contributed by atoms with Crippen molar-refractivity contribution in [1.82, 2.24) is 14.8 Å². The number of amides is 2. The molecule has 1 aromatic carbocycles. The lowest BCUT2D eigenvalue weighted by Gasteiger charge is -2.09. The van der Waals surface area contributed by atoms with Crippen LogP contribution < -0.4 is 10.6 Å².